The molecule has 0 aliphatic heterocycles. The molecule has 1 heterocycles. The number of ether oxygens (including phenoxy) is 2. The molecule has 0 aliphatic carbocycles. The highest BCUT2D eigenvalue weighted by molar-refractivity contribution is 7.09. The summed E-state index contributed by atoms with van der Waals surface area (Å²) in [7, 11) is 0. The van der Waals surface area contributed by atoms with Crippen molar-refractivity contribution in [3.8, 4) is 11.5 Å². The Balaban J connectivity index is 1.57. The van der Waals surface area contributed by atoms with Gasteiger partial charge in [0.2, 0.25) is 0 Å². The third-order valence-electron chi connectivity index (χ3n) is 3.42. The minimum atomic E-state index is -0.0223. The summed E-state index contributed by atoms with van der Waals surface area (Å²) in [6, 6.07) is 14.4. The number of hydrogen-bond donors (Lipinski definition) is 0. The number of ketones is 1. The van der Waals surface area contributed by atoms with Crippen LogP contribution in [-0.4, -0.2) is 10.8 Å². The number of aromatic nitrogens is 1. The van der Waals surface area contributed by atoms with Crippen LogP contribution in [0.1, 0.15) is 28.0 Å². The summed E-state index contributed by atoms with van der Waals surface area (Å²) in [5.41, 5.74) is 1.38. The van der Waals surface area contributed by atoms with E-state index >= 15 is 0 Å². The van der Waals surface area contributed by atoms with Gasteiger partial charge in [-0.15, -0.1) is 11.3 Å². The average Bonchev–Trinajstić information content (AvgIpc) is 3.07. The average molecular weight is 374 g/mol. The van der Waals surface area contributed by atoms with Crippen molar-refractivity contribution < 1.29 is 14.3 Å². The molecule has 0 saturated heterocycles. The topological polar surface area (TPSA) is 48.4 Å². The van der Waals surface area contributed by atoms with Crippen LogP contribution in [0.3, 0.4) is 0 Å². The Morgan fingerprint density at radius 3 is 2.60 bits per heavy atom. The van der Waals surface area contributed by atoms with Gasteiger partial charge < -0.3 is 9.47 Å². The second-order valence-corrected chi connectivity index (χ2v) is 6.70. The maximum absolute atomic E-state index is 11.6. The Bertz CT molecular complexity index is 861. The van der Waals surface area contributed by atoms with Crippen molar-refractivity contribution in [1.82, 2.24) is 4.98 Å². The number of carbonyl (C=O) groups is 1. The van der Waals surface area contributed by atoms with E-state index in [2.05, 4.69) is 4.98 Å². The summed E-state index contributed by atoms with van der Waals surface area (Å²) in [5, 5.41) is 3.46. The molecule has 0 amide bonds. The molecule has 0 atom stereocenters. The predicted octanol–water partition coefficient (Wildman–Crippen LogP) is 5.16. The molecule has 4 nitrogen and oxygen atoms in total. The Hall–Kier alpha value is -2.37. The third kappa shape index (κ3) is 4.81. The molecule has 0 radical (unpaired) electrons. The van der Waals surface area contributed by atoms with Crippen LogP contribution in [0.4, 0.5) is 0 Å². The summed E-state index contributed by atoms with van der Waals surface area (Å²) < 4.78 is 11.4. The summed E-state index contributed by atoms with van der Waals surface area (Å²) >= 11 is 7.36. The molecule has 2 aromatic carbocycles. The number of para-hydroxylation sites is 1. The number of rotatable bonds is 7. The summed E-state index contributed by atoms with van der Waals surface area (Å²) in [6.45, 7) is 2.22. The smallest absolute Gasteiger partial charge is 0.163 e. The van der Waals surface area contributed by atoms with E-state index in [0.29, 0.717) is 29.5 Å². The Kier molecular flexibility index (Phi) is 5.68. The van der Waals surface area contributed by atoms with Crippen molar-refractivity contribution in [2.24, 2.45) is 0 Å². The number of hydrogen-bond acceptors (Lipinski definition) is 5. The van der Waals surface area contributed by atoms with Crippen LogP contribution in [-0.2, 0) is 13.2 Å². The molecule has 0 aliphatic rings. The van der Waals surface area contributed by atoms with E-state index in [0.717, 1.165) is 16.5 Å². The normalized spacial score (nSPS) is 10.5. The number of halogens is 1. The van der Waals surface area contributed by atoms with Gasteiger partial charge in [0.05, 0.1) is 11.3 Å². The van der Waals surface area contributed by atoms with Gasteiger partial charge in [-0.3, -0.25) is 4.79 Å². The lowest BCUT2D eigenvalue weighted by Gasteiger charge is -2.08. The van der Waals surface area contributed by atoms with Crippen LogP contribution in [0.25, 0.3) is 0 Å². The van der Waals surface area contributed by atoms with E-state index < -0.39 is 0 Å². The van der Waals surface area contributed by atoms with Gasteiger partial charge in [-0.1, -0.05) is 23.7 Å². The van der Waals surface area contributed by atoms with Crippen molar-refractivity contribution in [2.45, 2.75) is 20.1 Å². The lowest BCUT2D eigenvalue weighted by Crippen LogP contribution is -2.02. The van der Waals surface area contributed by atoms with Crippen LogP contribution >= 0.6 is 22.9 Å². The van der Waals surface area contributed by atoms with Gasteiger partial charge in [-0.25, -0.2) is 4.98 Å². The van der Waals surface area contributed by atoms with Gasteiger partial charge in [0.1, 0.15) is 29.7 Å². The van der Waals surface area contributed by atoms with Crippen LogP contribution in [0.5, 0.6) is 11.5 Å². The van der Waals surface area contributed by atoms with Gasteiger partial charge in [0, 0.05) is 10.4 Å². The monoisotopic (exact) mass is 373 g/mol. The zero-order chi connectivity index (χ0) is 17.6. The third-order valence-corrected chi connectivity index (χ3v) is 4.54. The van der Waals surface area contributed by atoms with Crippen LogP contribution in [0.2, 0.25) is 5.02 Å². The first kappa shape index (κ1) is 17.5. The molecule has 3 aromatic rings. The van der Waals surface area contributed by atoms with Crippen LogP contribution in [0.15, 0.2) is 53.9 Å². The van der Waals surface area contributed by atoms with E-state index in [-0.39, 0.29) is 5.78 Å². The summed E-state index contributed by atoms with van der Waals surface area (Å²) in [4.78, 5) is 16.1. The molecule has 0 spiro atoms. The van der Waals surface area contributed by atoms with Crippen molar-refractivity contribution in [3.05, 3.63) is 75.2 Å². The van der Waals surface area contributed by atoms with Crippen molar-refractivity contribution in [2.75, 3.05) is 0 Å². The standard InChI is InChI=1S/C19H16ClNO3S/c1-13(22)17-4-2-3-5-18(17)24-10-15-12-25-19(21-15)11-23-16-8-6-14(20)7-9-16/h2-9,12H,10-11H2,1H3. The molecule has 0 unspecified atom stereocenters. The highest BCUT2D eigenvalue weighted by atomic mass is 35.5. The molecular weight excluding hydrogens is 358 g/mol. The number of thiazole rings is 1. The van der Waals surface area contributed by atoms with E-state index in [1.54, 1.807) is 24.3 Å². The first-order valence-corrected chi connectivity index (χ1v) is 8.92. The van der Waals surface area contributed by atoms with Crippen LogP contribution < -0.4 is 9.47 Å². The quantitative estimate of drug-likeness (QED) is 0.537. The second kappa shape index (κ2) is 8.14. The minimum Gasteiger partial charge on any atom is -0.487 e. The Morgan fingerprint density at radius 2 is 1.84 bits per heavy atom. The van der Waals surface area contributed by atoms with Gasteiger partial charge in [-0.05, 0) is 43.3 Å². The fourth-order valence-corrected chi connectivity index (χ4v) is 3.01. The molecule has 0 saturated carbocycles. The van der Waals surface area contributed by atoms with Crippen molar-refractivity contribution >= 4 is 28.7 Å². The van der Waals surface area contributed by atoms with E-state index in [1.165, 1.54) is 18.3 Å². The predicted molar refractivity (Wildman–Crippen MR) is 98.7 cm³/mol. The van der Waals surface area contributed by atoms with E-state index in [9.17, 15) is 4.79 Å². The number of Topliss-reactive ketones (excluding diaryl/α,β-unsaturated/α-hetero) is 1. The first-order valence-electron chi connectivity index (χ1n) is 7.66. The number of benzene rings is 2. The van der Waals surface area contributed by atoms with Crippen molar-refractivity contribution in [3.63, 3.8) is 0 Å². The molecule has 128 valence electrons. The molecule has 0 N–H and O–H groups in total. The van der Waals surface area contributed by atoms with Gasteiger partial charge >= 0.3 is 0 Å². The second-order valence-electron chi connectivity index (χ2n) is 5.32. The molecule has 1 aromatic heterocycles. The molecule has 0 bridgehead atoms. The first-order chi connectivity index (χ1) is 12.1. The number of nitrogens with zero attached hydrogens (tertiary/aromatic N) is 1. The lowest BCUT2D eigenvalue weighted by molar-refractivity contribution is 0.101. The zero-order valence-corrected chi connectivity index (χ0v) is 15.1. The SMILES string of the molecule is CC(=O)c1ccccc1OCc1csc(COc2ccc(Cl)cc2)n1. The molecule has 6 heteroatoms. The lowest BCUT2D eigenvalue weighted by atomic mass is 10.1. The highest BCUT2D eigenvalue weighted by Crippen LogP contribution is 2.21. The zero-order valence-electron chi connectivity index (χ0n) is 13.6. The van der Waals surface area contributed by atoms with E-state index in [4.69, 9.17) is 21.1 Å². The number of carbonyl (C=O) groups excluding carboxylic acids is 1. The van der Waals surface area contributed by atoms with Crippen molar-refractivity contribution in [1.29, 1.82) is 0 Å². The van der Waals surface area contributed by atoms with E-state index in [1.807, 2.05) is 29.6 Å². The van der Waals surface area contributed by atoms with Gasteiger partial charge in [-0.2, -0.15) is 0 Å². The Morgan fingerprint density at radius 1 is 1.08 bits per heavy atom. The highest BCUT2D eigenvalue weighted by Gasteiger charge is 2.09. The molecule has 25 heavy (non-hydrogen) atoms. The van der Waals surface area contributed by atoms with Crippen LogP contribution in [0, 0.1) is 0 Å². The minimum absolute atomic E-state index is 0.0223. The van der Waals surface area contributed by atoms with Gasteiger partial charge in [0.25, 0.3) is 0 Å². The maximum Gasteiger partial charge on any atom is 0.163 e. The fourth-order valence-electron chi connectivity index (χ4n) is 2.19. The van der Waals surface area contributed by atoms with Gasteiger partial charge in [0.15, 0.2) is 5.78 Å². The molecular formula is C19H16ClNO3S. The largest absolute Gasteiger partial charge is 0.487 e. The molecule has 3 rings (SSSR count). The maximum atomic E-state index is 11.6. The summed E-state index contributed by atoms with van der Waals surface area (Å²) in [6.07, 6.45) is 0. The summed E-state index contributed by atoms with van der Waals surface area (Å²) in [5.74, 6) is 1.29. The molecule has 0 fully saturated rings. The Labute approximate surface area is 155 Å². The fraction of sp³-hybridized carbons (Fsp3) is 0.158.